The Hall–Kier alpha value is -3.98. The molecule has 1 aliphatic heterocycles. The van der Waals surface area contributed by atoms with E-state index in [4.69, 9.17) is 0 Å². The fraction of sp³-hybridized carbons (Fsp3) is 0.400. The number of aromatic nitrogens is 7. The van der Waals surface area contributed by atoms with Gasteiger partial charge in [0.05, 0.1) is 28.9 Å². The molecule has 4 aromatic heterocycles. The summed E-state index contributed by atoms with van der Waals surface area (Å²) in [5, 5.41) is 17.8. The molecular formula is C25H28F2N10O2S. The first-order chi connectivity index (χ1) is 19.4. The second-order valence-electron chi connectivity index (χ2n) is 9.83. The van der Waals surface area contributed by atoms with E-state index >= 15 is 0 Å². The van der Waals surface area contributed by atoms with Crippen molar-refractivity contribution in [3.05, 3.63) is 49.2 Å². The van der Waals surface area contributed by atoms with Crippen molar-refractivity contribution in [3.8, 4) is 22.6 Å². The van der Waals surface area contributed by atoms with E-state index < -0.39 is 16.6 Å². The van der Waals surface area contributed by atoms with E-state index in [1.165, 1.54) is 24.7 Å². The minimum absolute atomic E-state index is 0.190. The van der Waals surface area contributed by atoms with Gasteiger partial charge in [0.2, 0.25) is 0 Å². The minimum atomic E-state index is -3.50. The van der Waals surface area contributed by atoms with Crippen molar-refractivity contribution >= 4 is 27.3 Å². The maximum atomic E-state index is 13.2. The van der Waals surface area contributed by atoms with Crippen LogP contribution in [0, 0.1) is 0 Å². The van der Waals surface area contributed by atoms with E-state index in [0.29, 0.717) is 57.5 Å². The molecule has 0 unspecified atom stereocenters. The van der Waals surface area contributed by atoms with Crippen molar-refractivity contribution in [2.24, 2.45) is 0 Å². The van der Waals surface area contributed by atoms with Gasteiger partial charge in [0, 0.05) is 41.9 Å². The Morgan fingerprint density at radius 1 is 1.05 bits per heavy atom. The first-order valence-electron chi connectivity index (χ1n) is 13.1. The van der Waals surface area contributed by atoms with Crippen LogP contribution in [0.15, 0.2) is 49.2 Å². The summed E-state index contributed by atoms with van der Waals surface area (Å²) in [5.41, 5.74) is 2.17. The van der Waals surface area contributed by atoms with E-state index in [1.54, 1.807) is 24.5 Å². The molecule has 15 heteroatoms. The van der Waals surface area contributed by atoms with Crippen molar-refractivity contribution in [2.45, 2.75) is 49.9 Å². The van der Waals surface area contributed by atoms with E-state index in [-0.39, 0.29) is 11.3 Å². The summed E-state index contributed by atoms with van der Waals surface area (Å²) in [4.78, 5) is 13.3. The van der Waals surface area contributed by atoms with Crippen LogP contribution in [-0.4, -0.2) is 66.7 Å². The fourth-order valence-electron chi connectivity index (χ4n) is 4.60. The summed E-state index contributed by atoms with van der Waals surface area (Å²) in [6, 6.07) is 5.20. The number of halogens is 2. The highest BCUT2D eigenvalue weighted by molar-refractivity contribution is 7.90. The molecule has 1 aliphatic carbocycles. The quantitative estimate of drug-likeness (QED) is 0.273. The van der Waals surface area contributed by atoms with Crippen molar-refractivity contribution < 1.29 is 17.2 Å². The van der Waals surface area contributed by atoms with Crippen molar-refractivity contribution in [1.82, 2.24) is 39.2 Å². The van der Waals surface area contributed by atoms with E-state index in [0.717, 1.165) is 36.4 Å². The number of hydrogen-bond acceptors (Lipinski definition) is 10. The minimum Gasteiger partial charge on any atom is -0.382 e. The van der Waals surface area contributed by atoms with Crippen LogP contribution in [0.4, 0.5) is 26.1 Å². The van der Waals surface area contributed by atoms with E-state index in [9.17, 15) is 17.2 Å². The monoisotopic (exact) mass is 570 g/mol. The number of nitrogens with zero attached hydrogens (tertiary/aromatic N) is 7. The SMILES string of the molecule is O=S(=O)(C1CC1)n1cc(-c2nccc(Nc3cc(N[C@H]4CCCNCC4)c(-c4ccn(C(F)F)n4)cn3)n2)cn1. The zero-order valence-corrected chi connectivity index (χ0v) is 22.2. The van der Waals surface area contributed by atoms with Crippen LogP contribution >= 0.6 is 0 Å². The lowest BCUT2D eigenvalue weighted by molar-refractivity contribution is 0.0568. The van der Waals surface area contributed by atoms with Gasteiger partial charge in [0.1, 0.15) is 11.6 Å². The largest absolute Gasteiger partial charge is 0.382 e. The molecule has 0 bridgehead atoms. The predicted molar refractivity (Wildman–Crippen MR) is 145 cm³/mol. The first-order valence-corrected chi connectivity index (χ1v) is 14.6. The third-order valence-corrected chi connectivity index (χ3v) is 8.90. The number of hydrogen-bond donors (Lipinski definition) is 3. The summed E-state index contributed by atoms with van der Waals surface area (Å²) in [7, 11) is -3.50. The highest BCUT2D eigenvalue weighted by Crippen LogP contribution is 2.32. The molecule has 2 aliphatic rings. The van der Waals surface area contributed by atoms with Gasteiger partial charge in [-0.25, -0.2) is 28.1 Å². The molecule has 12 nitrogen and oxygen atoms in total. The Balaban J connectivity index is 1.27. The van der Waals surface area contributed by atoms with Crippen LogP contribution in [0.3, 0.4) is 0 Å². The molecule has 1 saturated heterocycles. The maximum Gasteiger partial charge on any atom is 0.333 e. The molecule has 3 N–H and O–H groups in total. The smallest absolute Gasteiger partial charge is 0.333 e. The molecule has 1 atom stereocenters. The van der Waals surface area contributed by atoms with Crippen LogP contribution in [0.1, 0.15) is 38.7 Å². The van der Waals surface area contributed by atoms with E-state index in [2.05, 4.69) is 41.1 Å². The van der Waals surface area contributed by atoms with Crippen LogP contribution in [-0.2, 0) is 10.0 Å². The lowest BCUT2D eigenvalue weighted by Crippen LogP contribution is -2.22. The average molecular weight is 571 g/mol. The Kier molecular flexibility index (Phi) is 7.14. The first kappa shape index (κ1) is 26.3. The standard InChI is InChI=1S/C25H28F2N10O2S/c26-25(27)36-11-7-20(35-36)19-14-30-23(12-21(19)32-17-2-1-8-28-9-5-17)33-22-6-10-29-24(34-22)16-13-31-37(15-16)40(38,39)18-3-4-18/h6-7,10-15,17-18,25,28H,1-5,8-9H2,(H2,29,30,32,33,34)/t17-/m0/s1. The third kappa shape index (κ3) is 5.65. The number of anilines is 3. The molecule has 1 saturated carbocycles. The Morgan fingerprint density at radius 3 is 2.73 bits per heavy atom. The van der Waals surface area contributed by atoms with Crippen LogP contribution in [0.2, 0.25) is 0 Å². The lowest BCUT2D eigenvalue weighted by Gasteiger charge is -2.20. The van der Waals surface area contributed by atoms with Crippen molar-refractivity contribution in [1.29, 1.82) is 0 Å². The summed E-state index contributed by atoms with van der Waals surface area (Å²) < 4.78 is 52.9. The summed E-state index contributed by atoms with van der Waals surface area (Å²) >= 11 is 0. The van der Waals surface area contributed by atoms with Crippen LogP contribution in [0.25, 0.3) is 22.6 Å². The average Bonchev–Trinajstić information content (AvgIpc) is 3.57. The molecule has 0 spiro atoms. The summed E-state index contributed by atoms with van der Waals surface area (Å²) in [6.45, 7) is -0.903. The third-order valence-electron chi connectivity index (χ3n) is 6.86. The van der Waals surface area contributed by atoms with Crippen molar-refractivity contribution in [3.63, 3.8) is 0 Å². The number of nitrogens with one attached hydrogen (secondary N) is 3. The van der Waals surface area contributed by atoms with Gasteiger partial charge in [-0.05, 0) is 57.3 Å². The van der Waals surface area contributed by atoms with Gasteiger partial charge in [-0.3, -0.25) is 0 Å². The highest BCUT2D eigenvalue weighted by atomic mass is 32.2. The molecule has 6 rings (SSSR count). The molecular weight excluding hydrogens is 542 g/mol. The molecule has 40 heavy (non-hydrogen) atoms. The van der Waals surface area contributed by atoms with E-state index in [1.807, 2.05) is 0 Å². The molecule has 0 amide bonds. The number of pyridine rings is 1. The second-order valence-corrected chi connectivity index (χ2v) is 11.9. The molecule has 0 aromatic carbocycles. The van der Waals surface area contributed by atoms with Gasteiger partial charge in [-0.2, -0.15) is 23.1 Å². The maximum absolute atomic E-state index is 13.2. The Morgan fingerprint density at radius 2 is 1.93 bits per heavy atom. The van der Waals surface area contributed by atoms with Gasteiger partial charge in [0.25, 0.3) is 10.0 Å². The van der Waals surface area contributed by atoms with Gasteiger partial charge in [-0.1, -0.05) is 0 Å². The molecule has 5 heterocycles. The number of rotatable bonds is 9. The molecule has 4 aromatic rings. The van der Waals surface area contributed by atoms with Gasteiger partial charge < -0.3 is 16.0 Å². The number of alkyl halides is 2. The predicted octanol–water partition coefficient (Wildman–Crippen LogP) is 3.63. The highest BCUT2D eigenvalue weighted by Gasteiger charge is 2.37. The zero-order chi connectivity index (χ0) is 27.7. The Labute approximate surface area is 229 Å². The summed E-state index contributed by atoms with van der Waals surface area (Å²) in [6.07, 6.45) is 11.4. The van der Waals surface area contributed by atoms with Crippen LogP contribution < -0.4 is 16.0 Å². The van der Waals surface area contributed by atoms with Gasteiger partial charge in [0.15, 0.2) is 5.82 Å². The van der Waals surface area contributed by atoms with Gasteiger partial charge >= 0.3 is 6.55 Å². The fourth-order valence-corrected chi connectivity index (χ4v) is 6.07. The molecule has 0 radical (unpaired) electrons. The molecule has 210 valence electrons. The van der Waals surface area contributed by atoms with Gasteiger partial charge in [-0.15, -0.1) is 0 Å². The van der Waals surface area contributed by atoms with Crippen LogP contribution in [0.5, 0.6) is 0 Å². The zero-order valence-electron chi connectivity index (χ0n) is 21.4. The molecule has 2 fully saturated rings. The summed E-state index contributed by atoms with van der Waals surface area (Å²) in [5.74, 6) is 1.22. The normalized spacial score (nSPS) is 18.0. The van der Waals surface area contributed by atoms with Crippen molar-refractivity contribution in [2.75, 3.05) is 23.7 Å². The lowest BCUT2D eigenvalue weighted by atomic mass is 10.1. The second kappa shape index (κ2) is 10.9. The topological polar surface area (TPSA) is 145 Å². The Bertz CT molecular complexity index is 1590.